The zero-order chi connectivity index (χ0) is 10.2. The van der Waals surface area contributed by atoms with E-state index in [4.69, 9.17) is 0 Å². The molecule has 13 heavy (non-hydrogen) atoms. The molecule has 70 valence electrons. The molecule has 0 saturated carbocycles. The van der Waals surface area contributed by atoms with Gasteiger partial charge in [-0.15, -0.1) is 0 Å². The van der Waals surface area contributed by atoms with E-state index in [0.29, 0.717) is 0 Å². The molecule has 0 aromatic heterocycles. The van der Waals surface area contributed by atoms with Gasteiger partial charge in [-0.3, -0.25) is 0 Å². The van der Waals surface area contributed by atoms with Crippen molar-refractivity contribution in [3.05, 3.63) is 34.9 Å². The maximum atomic E-state index is 11.7. The van der Waals surface area contributed by atoms with Gasteiger partial charge in [0.15, 0.2) is 0 Å². The normalized spacial score (nSPS) is 10.2. The van der Waals surface area contributed by atoms with Crippen LogP contribution in [-0.4, -0.2) is 0 Å². The van der Waals surface area contributed by atoms with Crippen molar-refractivity contribution >= 4 is 5.57 Å². The van der Waals surface area contributed by atoms with Gasteiger partial charge in [0.05, 0.1) is 0 Å². The van der Waals surface area contributed by atoms with Crippen molar-refractivity contribution in [2.24, 2.45) is 0 Å². The molecule has 0 bridgehead atoms. The van der Waals surface area contributed by atoms with E-state index in [2.05, 4.69) is 6.58 Å². The predicted octanol–water partition coefficient (Wildman–Crippen LogP) is 2.72. The Balaban J connectivity index is 3.56. The monoisotopic (exact) mass is 175 g/mol. The second-order valence-electron chi connectivity index (χ2n) is 3.62. The van der Waals surface area contributed by atoms with Crippen LogP contribution in [0.25, 0.3) is 5.57 Å². The van der Waals surface area contributed by atoms with Crippen LogP contribution in [0.4, 0.5) is 0 Å². The van der Waals surface area contributed by atoms with Crippen LogP contribution >= 0.6 is 0 Å². The highest BCUT2D eigenvalue weighted by Gasteiger charge is 2.04. The number of rotatable bonds is 1. The van der Waals surface area contributed by atoms with Gasteiger partial charge < -0.3 is 5.11 Å². The third kappa shape index (κ3) is 1.59. The molecule has 1 heteroatoms. The van der Waals surface area contributed by atoms with Gasteiger partial charge in [0, 0.05) is 0 Å². The van der Waals surface area contributed by atoms with Crippen LogP contribution in [0.5, 0.6) is 5.75 Å². The summed E-state index contributed by atoms with van der Waals surface area (Å²) in [6.45, 7) is 11.5. The van der Waals surface area contributed by atoms with Crippen LogP contribution in [0.1, 0.15) is 29.2 Å². The molecule has 0 spiro atoms. The zero-order valence-electron chi connectivity index (χ0n) is 8.69. The third-order valence-electron chi connectivity index (χ3n) is 2.41. The topological polar surface area (TPSA) is 23.1 Å². The van der Waals surface area contributed by atoms with Gasteiger partial charge in [0.25, 0.3) is 0 Å². The van der Waals surface area contributed by atoms with Crippen molar-refractivity contribution in [3.63, 3.8) is 0 Å². The second kappa shape index (κ2) is 3.25. The fourth-order valence-corrected chi connectivity index (χ4v) is 1.58. The number of hydrogen-bond acceptors (Lipinski definition) is 1. The third-order valence-corrected chi connectivity index (χ3v) is 2.41. The number of benzene rings is 1. The predicted molar refractivity (Wildman–Crippen MR) is 54.8 cm³/mol. The molecule has 0 radical (unpaired) electrons. The molecule has 1 rings (SSSR count). The quantitative estimate of drug-likeness (QED) is 0.643. The van der Waals surface area contributed by atoms with Gasteiger partial charge in [-0.05, 0) is 44.4 Å². The lowest BCUT2D eigenvalue weighted by Crippen LogP contribution is -2.02. The van der Waals surface area contributed by atoms with Gasteiger partial charge in [-0.25, -0.2) is 0 Å². The molecule has 0 unspecified atom stereocenters. The van der Waals surface area contributed by atoms with E-state index in [1.165, 1.54) is 0 Å². The Kier molecular flexibility index (Phi) is 2.46. The highest BCUT2D eigenvalue weighted by Crippen LogP contribution is 2.30. The van der Waals surface area contributed by atoms with E-state index in [-0.39, 0.29) is 5.75 Å². The summed E-state index contributed by atoms with van der Waals surface area (Å²) in [5.41, 5.74) is 4.67. The maximum Gasteiger partial charge on any atom is -0.0277 e. The van der Waals surface area contributed by atoms with Crippen LogP contribution in [0.2, 0.25) is 0 Å². The average Bonchev–Trinajstić information content (AvgIpc) is 2.01. The molecule has 1 nitrogen and oxygen atoms in total. The average molecular weight is 175 g/mol. The Morgan fingerprint density at radius 1 is 1.23 bits per heavy atom. The van der Waals surface area contributed by atoms with Crippen LogP contribution < -0.4 is 5.11 Å². The van der Waals surface area contributed by atoms with Crippen molar-refractivity contribution in [1.82, 2.24) is 0 Å². The fraction of sp³-hybridized carbons (Fsp3) is 0.333. The molecule has 0 heterocycles. The number of hydrogen-bond donors (Lipinski definition) is 0. The van der Waals surface area contributed by atoms with E-state index in [0.717, 1.165) is 27.8 Å². The summed E-state index contributed by atoms with van der Waals surface area (Å²) in [5.74, 6) is 0.121. The SMILES string of the molecule is C=C(C)c1c(C)c(C)cc(C)c1[O-]. The molecular formula is C12H15O-. The molecule has 0 saturated heterocycles. The summed E-state index contributed by atoms with van der Waals surface area (Å²) in [5, 5.41) is 11.7. The first-order chi connectivity index (χ1) is 5.95. The molecule has 0 N–H and O–H groups in total. The smallest absolute Gasteiger partial charge is 0.0277 e. The maximum absolute atomic E-state index is 11.7. The second-order valence-corrected chi connectivity index (χ2v) is 3.62. The van der Waals surface area contributed by atoms with Gasteiger partial charge in [0.2, 0.25) is 0 Å². The lowest BCUT2D eigenvalue weighted by atomic mass is 9.95. The summed E-state index contributed by atoms with van der Waals surface area (Å²) in [4.78, 5) is 0. The van der Waals surface area contributed by atoms with E-state index in [1.807, 2.05) is 33.8 Å². The van der Waals surface area contributed by atoms with E-state index in [1.54, 1.807) is 0 Å². The van der Waals surface area contributed by atoms with Gasteiger partial charge >= 0.3 is 0 Å². The summed E-state index contributed by atoms with van der Waals surface area (Å²) >= 11 is 0. The highest BCUT2D eigenvalue weighted by molar-refractivity contribution is 5.71. The minimum Gasteiger partial charge on any atom is -0.872 e. The van der Waals surface area contributed by atoms with E-state index >= 15 is 0 Å². The Labute approximate surface area is 79.7 Å². The van der Waals surface area contributed by atoms with Gasteiger partial charge in [0.1, 0.15) is 0 Å². The zero-order valence-corrected chi connectivity index (χ0v) is 8.69. The molecule has 0 aliphatic rings. The van der Waals surface area contributed by atoms with Crippen molar-refractivity contribution in [2.45, 2.75) is 27.7 Å². The summed E-state index contributed by atoms with van der Waals surface area (Å²) in [7, 11) is 0. The Morgan fingerprint density at radius 3 is 2.23 bits per heavy atom. The lowest BCUT2D eigenvalue weighted by Gasteiger charge is -2.21. The Bertz CT molecular complexity index is 336. The first-order valence-corrected chi connectivity index (χ1v) is 4.39. The number of allylic oxidation sites excluding steroid dienone is 1. The minimum absolute atomic E-state index is 0.121. The standard InChI is InChI=1S/C12H16O/c1-7(2)11-10(5)8(3)6-9(4)12(11)13/h6,13H,1H2,2-5H3/p-1. The number of aryl methyl sites for hydroxylation is 2. The Hall–Kier alpha value is -1.24. The van der Waals surface area contributed by atoms with Gasteiger partial charge in [-0.2, -0.15) is 0 Å². The molecule has 1 aromatic rings. The molecule has 0 fully saturated rings. The van der Waals surface area contributed by atoms with Gasteiger partial charge in [-0.1, -0.05) is 29.5 Å². The molecule has 0 aliphatic carbocycles. The molecule has 0 aliphatic heterocycles. The van der Waals surface area contributed by atoms with Crippen molar-refractivity contribution in [3.8, 4) is 5.75 Å². The summed E-state index contributed by atoms with van der Waals surface area (Å²) < 4.78 is 0. The first kappa shape index (κ1) is 9.85. The molecule has 0 amide bonds. The summed E-state index contributed by atoms with van der Waals surface area (Å²) in [6.07, 6.45) is 0. The highest BCUT2D eigenvalue weighted by atomic mass is 16.3. The summed E-state index contributed by atoms with van der Waals surface area (Å²) in [6, 6.07) is 1.93. The minimum atomic E-state index is 0.121. The Morgan fingerprint density at radius 2 is 1.77 bits per heavy atom. The molecule has 1 aromatic carbocycles. The van der Waals surface area contributed by atoms with Crippen LogP contribution in [-0.2, 0) is 0 Å². The molecular weight excluding hydrogens is 160 g/mol. The van der Waals surface area contributed by atoms with Crippen LogP contribution in [0, 0.1) is 20.8 Å². The van der Waals surface area contributed by atoms with Crippen molar-refractivity contribution in [1.29, 1.82) is 0 Å². The van der Waals surface area contributed by atoms with E-state index in [9.17, 15) is 5.11 Å². The van der Waals surface area contributed by atoms with Crippen LogP contribution in [0.3, 0.4) is 0 Å². The van der Waals surface area contributed by atoms with Crippen LogP contribution in [0.15, 0.2) is 12.6 Å². The largest absolute Gasteiger partial charge is 0.872 e. The van der Waals surface area contributed by atoms with Crippen molar-refractivity contribution in [2.75, 3.05) is 0 Å². The first-order valence-electron chi connectivity index (χ1n) is 4.39. The van der Waals surface area contributed by atoms with E-state index < -0.39 is 0 Å². The molecule has 0 atom stereocenters. The van der Waals surface area contributed by atoms with Crippen molar-refractivity contribution < 1.29 is 5.11 Å². The fourth-order valence-electron chi connectivity index (χ4n) is 1.58. The lowest BCUT2D eigenvalue weighted by molar-refractivity contribution is -0.269.